The van der Waals surface area contributed by atoms with Crippen molar-refractivity contribution in [3.05, 3.63) is 40.1 Å². The first kappa shape index (κ1) is 21.2. The van der Waals surface area contributed by atoms with Crippen molar-refractivity contribution in [2.45, 2.75) is 26.8 Å². The number of aromatic hydroxyl groups is 1. The van der Waals surface area contributed by atoms with Crippen LogP contribution in [0.1, 0.15) is 36.6 Å². The van der Waals surface area contributed by atoms with Gasteiger partial charge >= 0.3 is 12.0 Å². The molecule has 2 amide bonds. The third-order valence-corrected chi connectivity index (χ3v) is 4.34. The van der Waals surface area contributed by atoms with E-state index in [1.54, 1.807) is 40.0 Å². The van der Waals surface area contributed by atoms with Crippen LogP contribution in [0.2, 0.25) is 0 Å². The van der Waals surface area contributed by atoms with E-state index >= 15 is 0 Å². The van der Waals surface area contributed by atoms with E-state index in [-0.39, 0.29) is 12.4 Å². The first-order chi connectivity index (χ1) is 13.3. The van der Waals surface area contributed by atoms with Crippen LogP contribution >= 0.6 is 12.2 Å². The second-order valence-corrected chi connectivity index (χ2v) is 6.42. The molecular weight excluding hydrogens is 382 g/mol. The predicted molar refractivity (Wildman–Crippen MR) is 109 cm³/mol. The molecule has 1 heterocycles. The summed E-state index contributed by atoms with van der Waals surface area (Å²) < 4.78 is 5.13. The zero-order valence-electron chi connectivity index (χ0n) is 16.0. The van der Waals surface area contributed by atoms with Crippen molar-refractivity contribution < 1.29 is 19.4 Å². The van der Waals surface area contributed by atoms with E-state index < -0.39 is 18.0 Å². The summed E-state index contributed by atoms with van der Waals surface area (Å²) in [7, 11) is 1.65. The van der Waals surface area contributed by atoms with Gasteiger partial charge in [-0.15, -0.1) is 0 Å². The number of amides is 2. The fourth-order valence-electron chi connectivity index (χ4n) is 2.74. The van der Waals surface area contributed by atoms with E-state index in [1.807, 2.05) is 0 Å². The lowest BCUT2D eigenvalue weighted by Gasteiger charge is -2.28. The second-order valence-electron chi connectivity index (χ2n) is 6.02. The smallest absolute Gasteiger partial charge is 0.338 e. The fraction of sp³-hybridized carbons (Fsp3) is 0.333. The molecule has 1 aliphatic rings. The van der Waals surface area contributed by atoms with Crippen molar-refractivity contribution in [2.75, 3.05) is 13.7 Å². The SMILES string of the molecule is CCOC(=O)C1=C(C)NC(=O)NC1c1cc(C)c(O)c(/C=N/NC(=S)NC)c1. The van der Waals surface area contributed by atoms with Crippen LogP contribution in [-0.2, 0) is 9.53 Å². The third kappa shape index (κ3) is 4.77. The third-order valence-electron chi connectivity index (χ3n) is 4.05. The number of hydrazone groups is 1. The number of benzene rings is 1. The summed E-state index contributed by atoms with van der Waals surface area (Å²) in [5.41, 5.74) is 4.87. The first-order valence-corrected chi connectivity index (χ1v) is 8.99. The Morgan fingerprint density at radius 2 is 2.14 bits per heavy atom. The van der Waals surface area contributed by atoms with Crippen LogP contribution in [0, 0.1) is 6.92 Å². The molecule has 0 bridgehead atoms. The van der Waals surface area contributed by atoms with Crippen molar-refractivity contribution in [2.24, 2.45) is 5.10 Å². The first-order valence-electron chi connectivity index (χ1n) is 8.58. The minimum absolute atomic E-state index is 0.0309. The molecule has 0 saturated heterocycles. The monoisotopic (exact) mass is 405 g/mol. The van der Waals surface area contributed by atoms with Crippen molar-refractivity contribution in [1.29, 1.82) is 0 Å². The molecule has 1 aromatic rings. The summed E-state index contributed by atoms with van der Waals surface area (Å²) >= 11 is 4.94. The molecule has 0 aliphatic carbocycles. The molecule has 150 valence electrons. The molecule has 5 N–H and O–H groups in total. The molecular formula is C18H23N5O4S. The number of urea groups is 1. The highest BCUT2D eigenvalue weighted by Gasteiger charge is 2.32. The maximum absolute atomic E-state index is 12.4. The molecule has 10 heteroatoms. The van der Waals surface area contributed by atoms with Gasteiger partial charge in [0, 0.05) is 18.3 Å². The van der Waals surface area contributed by atoms with Crippen LogP contribution in [0.3, 0.4) is 0 Å². The standard InChI is InChI=1S/C18H23N5O4S/c1-5-27-16(25)13-10(3)21-17(26)22-14(13)11-6-9(2)15(24)12(7-11)8-20-23-18(28)19-4/h6-8,14,24H,5H2,1-4H3,(H2,19,23,28)(H2,21,22,26)/b20-8+. The van der Waals surface area contributed by atoms with Gasteiger partial charge in [0.2, 0.25) is 0 Å². The van der Waals surface area contributed by atoms with Gasteiger partial charge < -0.3 is 25.8 Å². The van der Waals surface area contributed by atoms with E-state index in [4.69, 9.17) is 17.0 Å². The molecule has 1 unspecified atom stereocenters. The topological polar surface area (TPSA) is 124 Å². The normalized spacial score (nSPS) is 16.4. The van der Waals surface area contributed by atoms with Gasteiger partial charge in [-0.25, -0.2) is 9.59 Å². The van der Waals surface area contributed by atoms with Crippen LogP contribution in [0.15, 0.2) is 28.5 Å². The molecule has 1 aliphatic heterocycles. The van der Waals surface area contributed by atoms with Gasteiger partial charge in [-0.2, -0.15) is 5.10 Å². The fourth-order valence-corrected chi connectivity index (χ4v) is 2.79. The minimum atomic E-state index is -0.731. The zero-order chi connectivity index (χ0) is 20.8. The lowest BCUT2D eigenvalue weighted by Crippen LogP contribution is -2.45. The van der Waals surface area contributed by atoms with Gasteiger partial charge in [-0.1, -0.05) is 0 Å². The Morgan fingerprint density at radius 1 is 1.43 bits per heavy atom. The zero-order valence-corrected chi connectivity index (χ0v) is 16.9. The number of carbonyl (C=O) groups is 2. The molecule has 9 nitrogen and oxygen atoms in total. The average Bonchev–Trinajstić information content (AvgIpc) is 2.64. The number of phenols is 1. The van der Waals surface area contributed by atoms with Crippen molar-refractivity contribution in [1.82, 2.24) is 21.4 Å². The number of nitrogens with one attached hydrogen (secondary N) is 4. The molecule has 0 fully saturated rings. The summed E-state index contributed by atoms with van der Waals surface area (Å²) in [6, 6.07) is 2.17. The Morgan fingerprint density at radius 3 is 2.79 bits per heavy atom. The number of aryl methyl sites for hydroxylation is 1. The summed E-state index contributed by atoms with van der Waals surface area (Å²) in [5, 5.41) is 22.6. The Hall–Kier alpha value is -3.14. The Kier molecular flexibility index (Phi) is 6.94. The lowest BCUT2D eigenvalue weighted by molar-refractivity contribution is -0.139. The molecule has 2 rings (SSSR count). The predicted octanol–water partition coefficient (Wildman–Crippen LogP) is 1.32. The Balaban J connectivity index is 2.47. The molecule has 0 saturated carbocycles. The number of hydrogen-bond acceptors (Lipinski definition) is 6. The number of rotatable bonds is 5. The summed E-state index contributed by atoms with van der Waals surface area (Å²) in [6.07, 6.45) is 1.40. The number of carbonyl (C=O) groups excluding carboxylic acids is 2. The van der Waals surface area contributed by atoms with Crippen LogP contribution in [-0.4, -0.2) is 42.1 Å². The van der Waals surface area contributed by atoms with Crippen LogP contribution in [0.5, 0.6) is 5.75 Å². The number of ether oxygens (including phenoxy) is 1. The minimum Gasteiger partial charge on any atom is -0.507 e. The highest BCUT2D eigenvalue weighted by Crippen LogP contribution is 2.32. The van der Waals surface area contributed by atoms with Crippen LogP contribution in [0.4, 0.5) is 4.79 Å². The maximum atomic E-state index is 12.4. The Labute approximate surface area is 168 Å². The van der Waals surface area contributed by atoms with Crippen molar-refractivity contribution in [3.63, 3.8) is 0 Å². The number of nitrogens with zero attached hydrogens (tertiary/aromatic N) is 1. The molecule has 1 atom stereocenters. The van der Waals surface area contributed by atoms with E-state index in [2.05, 4.69) is 26.5 Å². The highest BCUT2D eigenvalue weighted by atomic mass is 32.1. The van der Waals surface area contributed by atoms with Crippen LogP contribution < -0.4 is 21.4 Å². The van der Waals surface area contributed by atoms with E-state index in [9.17, 15) is 14.7 Å². The molecule has 0 radical (unpaired) electrons. The molecule has 0 aromatic heterocycles. The van der Waals surface area contributed by atoms with Crippen LogP contribution in [0.25, 0.3) is 0 Å². The highest BCUT2D eigenvalue weighted by molar-refractivity contribution is 7.80. The van der Waals surface area contributed by atoms with Gasteiger partial charge in [-0.05, 0) is 56.2 Å². The second kappa shape index (κ2) is 9.18. The number of hydrogen-bond donors (Lipinski definition) is 5. The van der Waals surface area contributed by atoms with Gasteiger partial charge in [0.15, 0.2) is 5.11 Å². The van der Waals surface area contributed by atoms with Gasteiger partial charge in [-0.3, -0.25) is 5.43 Å². The van der Waals surface area contributed by atoms with Crippen molar-refractivity contribution in [3.8, 4) is 5.75 Å². The summed E-state index contributed by atoms with van der Waals surface area (Å²) in [6.45, 7) is 5.26. The number of phenolic OH excluding ortho intramolecular Hbond substituents is 1. The number of esters is 1. The average molecular weight is 405 g/mol. The summed E-state index contributed by atoms with van der Waals surface area (Å²) in [5.74, 6) is -0.497. The summed E-state index contributed by atoms with van der Waals surface area (Å²) in [4.78, 5) is 24.4. The van der Waals surface area contributed by atoms with Gasteiger partial charge in [0.05, 0.1) is 24.4 Å². The van der Waals surface area contributed by atoms with E-state index in [0.717, 1.165) is 0 Å². The molecule has 1 aromatic carbocycles. The Bertz CT molecular complexity index is 866. The maximum Gasteiger partial charge on any atom is 0.338 e. The molecule has 0 spiro atoms. The van der Waals surface area contributed by atoms with Crippen molar-refractivity contribution >= 4 is 35.5 Å². The number of allylic oxidation sites excluding steroid dienone is 1. The largest absolute Gasteiger partial charge is 0.507 e. The van der Waals surface area contributed by atoms with E-state index in [0.29, 0.717) is 33.1 Å². The van der Waals surface area contributed by atoms with E-state index in [1.165, 1.54) is 6.21 Å². The quantitative estimate of drug-likeness (QED) is 0.217. The lowest BCUT2D eigenvalue weighted by atomic mass is 9.92. The van der Waals surface area contributed by atoms with Gasteiger partial charge in [0.25, 0.3) is 0 Å². The molecule has 28 heavy (non-hydrogen) atoms. The number of thiocarbonyl (C=S) groups is 1. The van der Waals surface area contributed by atoms with Gasteiger partial charge in [0.1, 0.15) is 5.75 Å².